The third-order valence-corrected chi connectivity index (χ3v) is 3.74. The van der Waals surface area contributed by atoms with E-state index in [1.165, 1.54) is 37.7 Å². The molecule has 0 radical (unpaired) electrons. The number of nitrogens with one attached hydrogen (secondary N) is 1. The van der Waals surface area contributed by atoms with Gasteiger partial charge in [-0.1, -0.05) is 37.8 Å². The van der Waals surface area contributed by atoms with Gasteiger partial charge in [0.15, 0.2) is 0 Å². The molecule has 0 heterocycles. The van der Waals surface area contributed by atoms with Crippen LogP contribution >= 0.6 is 11.6 Å². The SMILES string of the molecule is CC(=CCl)CNCCC1CCCC(C)C1. The molecule has 0 aromatic carbocycles. The number of hydrogen-bond acceptors (Lipinski definition) is 1. The van der Waals surface area contributed by atoms with Crippen molar-refractivity contribution in [3.8, 4) is 0 Å². The van der Waals surface area contributed by atoms with E-state index >= 15 is 0 Å². The zero-order valence-corrected chi connectivity index (χ0v) is 10.8. The molecule has 1 fully saturated rings. The van der Waals surface area contributed by atoms with Crippen LogP contribution in [-0.2, 0) is 0 Å². The summed E-state index contributed by atoms with van der Waals surface area (Å²) in [4.78, 5) is 0. The number of rotatable bonds is 5. The quantitative estimate of drug-likeness (QED) is 0.705. The minimum Gasteiger partial charge on any atom is -0.313 e. The summed E-state index contributed by atoms with van der Waals surface area (Å²) in [5.41, 5.74) is 2.88. The van der Waals surface area contributed by atoms with E-state index in [0.29, 0.717) is 0 Å². The van der Waals surface area contributed by atoms with Crippen LogP contribution < -0.4 is 5.32 Å². The Morgan fingerprint density at radius 3 is 2.93 bits per heavy atom. The molecule has 0 bridgehead atoms. The Kier molecular flexibility index (Phi) is 6.35. The third-order valence-electron chi connectivity index (χ3n) is 3.36. The second-order valence-corrected chi connectivity index (χ2v) is 5.28. The molecule has 15 heavy (non-hydrogen) atoms. The van der Waals surface area contributed by atoms with Gasteiger partial charge in [-0.2, -0.15) is 0 Å². The molecule has 1 aliphatic rings. The molecule has 2 atom stereocenters. The summed E-state index contributed by atoms with van der Waals surface area (Å²) in [6.07, 6.45) is 7.09. The number of halogens is 1. The van der Waals surface area contributed by atoms with Crippen LogP contribution in [-0.4, -0.2) is 13.1 Å². The summed E-state index contributed by atoms with van der Waals surface area (Å²) in [5.74, 6) is 1.91. The highest BCUT2D eigenvalue weighted by Crippen LogP contribution is 2.30. The molecule has 88 valence electrons. The molecular formula is C13H24ClN. The van der Waals surface area contributed by atoms with Crippen LogP contribution in [0.4, 0.5) is 0 Å². The summed E-state index contributed by atoms with van der Waals surface area (Å²) in [6, 6.07) is 0. The zero-order valence-electron chi connectivity index (χ0n) is 10.1. The van der Waals surface area contributed by atoms with Gasteiger partial charge in [0.1, 0.15) is 0 Å². The number of hydrogen-bond donors (Lipinski definition) is 1. The van der Waals surface area contributed by atoms with Crippen LogP contribution in [0.15, 0.2) is 11.1 Å². The van der Waals surface area contributed by atoms with Crippen molar-refractivity contribution in [3.05, 3.63) is 11.1 Å². The van der Waals surface area contributed by atoms with E-state index in [0.717, 1.165) is 24.9 Å². The molecule has 0 aromatic rings. The standard InChI is InChI=1S/C13H24ClN/c1-11-4-3-5-13(8-11)6-7-15-10-12(2)9-14/h9,11,13,15H,3-8,10H2,1-2H3. The minimum absolute atomic E-state index is 0.936. The van der Waals surface area contributed by atoms with Crippen molar-refractivity contribution in [1.82, 2.24) is 5.32 Å². The van der Waals surface area contributed by atoms with Crippen LogP contribution in [0.1, 0.15) is 46.0 Å². The van der Waals surface area contributed by atoms with Crippen molar-refractivity contribution in [3.63, 3.8) is 0 Å². The molecule has 0 spiro atoms. The van der Waals surface area contributed by atoms with Crippen LogP contribution in [0.25, 0.3) is 0 Å². The van der Waals surface area contributed by atoms with Gasteiger partial charge in [0.25, 0.3) is 0 Å². The summed E-state index contributed by atoms with van der Waals surface area (Å²) < 4.78 is 0. The van der Waals surface area contributed by atoms with Gasteiger partial charge in [-0.05, 0) is 43.7 Å². The van der Waals surface area contributed by atoms with Gasteiger partial charge in [-0.15, -0.1) is 0 Å². The Morgan fingerprint density at radius 1 is 1.47 bits per heavy atom. The van der Waals surface area contributed by atoms with Crippen molar-refractivity contribution in [2.24, 2.45) is 11.8 Å². The fourth-order valence-corrected chi connectivity index (χ4v) is 2.53. The molecule has 0 amide bonds. The Bertz CT molecular complexity index is 201. The first kappa shape index (κ1) is 13.1. The first-order valence-electron chi connectivity index (χ1n) is 6.19. The van der Waals surface area contributed by atoms with Crippen LogP contribution in [0.3, 0.4) is 0 Å². The molecular weight excluding hydrogens is 206 g/mol. The van der Waals surface area contributed by atoms with E-state index < -0.39 is 0 Å². The summed E-state index contributed by atoms with van der Waals surface area (Å²) in [6.45, 7) is 6.52. The lowest BCUT2D eigenvalue weighted by Gasteiger charge is -2.26. The molecule has 0 aromatic heterocycles. The van der Waals surface area contributed by atoms with Crippen LogP contribution in [0.5, 0.6) is 0 Å². The highest BCUT2D eigenvalue weighted by atomic mass is 35.5. The smallest absolute Gasteiger partial charge is 0.0173 e. The lowest BCUT2D eigenvalue weighted by molar-refractivity contribution is 0.268. The van der Waals surface area contributed by atoms with Gasteiger partial charge in [0, 0.05) is 12.1 Å². The van der Waals surface area contributed by atoms with Crippen LogP contribution in [0.2, 0.25) is 0 Å². The normalized spacial score (nSPS) is 28.1. The molecule has 1 N–H and O–H groups in total. The lowest BCUT2D eigenvalue weighted by Crippen LogP contribution is -2.22. The van der Waals surface area contributed by atoms with E-state index in [-0.39, 0.29) is 0 Å². The fourth-order valence-electron chi connectivity index (χ4n) is 2.45. The van der Waals surface area contributed by atoms with Crippen molar-refractivity contribution < 1.29 is 0 Å². The molecule has 0 aliphatic heterocycles. The highest BCUT2D eigenvalue weighted by molar-refractivity contribution is 6.25. The molecule has 1 aliphatic carbocycles. The van der Waals surface area contributed by atoms with E-state index in [9.17, 15) is 0 Å². The predicted molar refractivity (Wildman–Crippen MR) is 68.2 cm³/mol. The Hall–Kier alpha value is -0.0100. The second kappa shape index (κ2) is 7.29. The van der Waals surface area contributed by atoms with Crippen molar-refractivity contribution in [2.75, 3.05) is 13.1 Å². The van der Waals surface area contributed by atoms with E-state index in [1.54, 1.807) is 5.54 Å². The molecule has 2 heteroatoms. The van der Waals surface area contributed by atoms with E-state index in [1.807, 2.05) is 0 Å². The van der Waals surface area contributed by atoms with Gasteiger partial charge < -0.3 is 5.32 Å². The molecule has 1 nitrogen and oxygen atoms in total. The van der Waals surface area contributed by atoms with Crippen LogP contribution in [0, 0.1) is 11.8 Å². The second-order valence-electron chi connectivity index (χ2n) is 5.06. The topological polar surface area (TPSA) is 12.0 Å². The van der Waals surface area contributed by atoms with Crippen molar-refractivity contribution in [2.45, 2.75) is 46.0 Å². The summed E-state index contributed by atoms with van der Waals surface area (Å²) >= 11 is 5.60. The predicted octanol–water partition coefficient (Wildman–Crippen LogP) is 3.94. The largest absolute Gasteiger partial charge is 0.313 e. The third kappa shape index (κ3) is 5.58. The molecule has 0 saturated heterocycles. The van der Waals surface area contributed by atoms with E-state index in [4.69, 9.17) is 11.6 Å². The van der Waals surface area contributed by atoms with Gasteiger partial charge in [-0.3, -0.25) is 0 Å². The average Bonchev–Trinajstić information content (AvgIpc) is 2.24. The van der Waals surface area contributed by atoms with Gasteiger partial charge >= 0.3 is 0 Å². The first-order valence-corrected chi connectivity index (χ1v) is 6.62. The molecule has 1 saturated carbocycles. The Labute approximate surface area is 99.3 Å². The lowest BCUT2D eigenvalue weighted by atomic mass is 9.81. The van der Waals surface area contributed by atoms with Crippen molar-refractivity contribution in [1.29, 1.82) is 0 Å². The van der Waals surface area contributed by atoms with E-state index in [2.05, 4.69) is 19.2 Å². The van der Waals surface area contributed by atoms with Gasteiger partial charge in [0.05, 0.1) is 0 Å². The maximum atomic E-state index is 5.60. The highest BCUT2D eigenvalue weighted by Gasteiger charge is 2.17. The first-order chi connectivity index (χ1) is 7.22. The Balaban J connectivity index is 2.04. The minimum atomic E-state index is 0.936. The average molecular weight is 230 g/mol. The maximum absolute atomic E-state index is 5.60. The maximum Gasteiger partial charge on any atom is 0.0173 e. The zero-order chi connectivity index (χ0) is 11.1. The Morgan fingerprint density at radius 2 is 2.27 bits per heavy atom. The van der Waals surface area contributed by atoms with Gasteiger partial charge in [-0.25, -0.2) is 0 Å². The van der Waals surface area contributed by atoms with Crippen molar-refractivity contribution >= 4 is 11.6 Å². The summed E-state index contributed by atoms with van der Waals surface area (Å²) in [7, 11) is 0. The summed E-state index contributed by atoms with van der Waals surface area (Å²) in [5, 5.41) is 3.45. The monoisotopic (exact) mass is 229 g/mol. The van der Waals surface area contributed by atoms with Gasteiger partial charge in [0.2, 0.25) is 0 Å². The molecule has 2 unspecified atom stereocenters. The molecule has 1 rings (SSSR count). The fraction of sp³-hybridized carbons (Fsp3) is 0.846.